The van der Waals surface area contributed by atoms with Crippen molar-refractivity contribution in [2.45, 2.75) is 25.9 Å². The molecule has 176 valence electrons. The van der Waals surface area contributed by atoms with E-state index < -0.39 is 17.8 Å². The first kappa shape index (κ1) is 22.3. The second-order valence-electron chi connectivity index (χ2n) is 8.34. The molecule has 1 saturated heterocycles. The van der Waals surface area contributed by atoms with Crippen LogP contribution < -0.4 is 4.74 Å². The van der Waals surface area contributed by atoms with E-state index in [0.29, 0.717) is 22.0 Å². The number of carbonyl (C=O) groups is 5. The molecule has 9 nitrogen and oxygen atoms in total. The third-order valence-electron chi connectivity index (χ3n) is 6.05. The molecule has 0 N–H and O–H groups in total. The molecule has 0 aromatic heterocycles. The van der Waals surface area contributed by atoms with Crippen molar-refractivity contribution in [3.05, 3.63) is 82.7 Å². The van der Waals surface area contributed by atoms with Crippen LogP contribution in [0.25, 0.3) is 5.57 Å². The van der Waals surface area contributed by atoms with Gasteiger partial charge in [0.2, 0.25) is 0 Å². The molecule has 4 aliphatic rings. The number of imide groups is 1. The van der Waals surface area contributed by atoms with Gasteiger partial charge in [-0.15, -0.1) is 5.06 Å². The normalized spacial score (nSPS) is 22.8. The SMILES string of the molecule is CC1=CC2OC3=CC(=O)C=CC3=C(c3ccc(C(=O)ON4C(=O)CCC4=O)cc3OC=O)C2C=C1. The van der Waals surface area contributed by atoms with Gasteiger partial charge >= 0.3 is 5.97 Å². The van der Waals surface area contributed by atoms with Gasteiger partial charge in [0.05, 0.1) is 5.56 Å². The first-order chi connectivity index (χ1) is 16.9. The van der Waals surface area contributed by atoms with Gasteiger partial charge in [-0.05, 0) is 42.9 Å². The Morgan fingerprint density at radius 1 is 1.11 bits per heavy atom. The van der Waals surface area contributed by atoms with Gasteiger partial charge in [0.25, 0.3) is 18.3 Å². The molecule has 1 fully saturated rings. The molecule has 35 heavy (non-hydrogen) atoms. The first-order valence-corrected chi connectivity index (χ1v) is 10.9. The zero-order valence-electron chi connectivity index (χ0n) is 18.6. The van der Waals surface area contributed by atoms with Gasteiger partial charge in [0.1, 0.15) is 17.6 Å². The number of hydrogen-bond acceptors (Lipinski definition) is 8. The fourth-order valence-corrected chi connectivity index (χ4v) is 4.44. The molecule has 2 atom stereocenters. The minimum absolute atomic E-state index is 0.0210. The molecule has 9 heteroatoms. The maximum atomic E-state index is 12.6. The topological polar surface area (TPSA) is 116 Å². The fraction of sp³-hybridized carbons (Fsp3) is 0.192. The highest BCUT2D eigenvalue weighted by atomic mass is 16.7. The summed E-state index contributed by atoms with van der Waals surface area (Å²) in [5.41, 5.74) is 2.90. The van der Waals surface area contributed by atoms with Gasteiger partial charge in [-0.3, -0.25) is 19.2 Å². The molecule has 5 rings (SSSR count). The number of benzene rings is 1. The molecule has 0 saturated carbocycles. The summed E-state index contributed by atoms with van der Waals surface area (Å²) in [6, 6.07) is 4.35. The van der Waals surface area contributed by atoms with Crippen molar-refractivity contribution in [3.8, 4) is 5.75 Å². The maximum Gasteiger partial charge on any atom is 0.364 e. The van der Waals surface area contributed by atoms with Crippen LogP contribution in [0.3, 0.4) is 0 Å². The lowest BCUT2D eigenvalue weighted by molar-refractivity contribution is -0.172. The summed E-state index contributed by atoms with van der Waals surface area (Å²) >= 11 is 0. The number of carbonyl (C=O) groups excluding carboxylic acids is 5. The van der Waals surface area contributed by atoms with Gasteiger partial charge in [-0.25, -0.2) is 4.79 Å². The Morgan fingerprint density at radius 2 is 1.89 bits per heavy atom. The van der Waals surface area contributed by atoms with Crippen LogP contribution in [0.1, 0.15) is 35.7 Å². The number of hydroxylamine groups is 2. The van der Waals surface area contributed by atoms with Gasteiger partial charge in [0.15, 0.2) is 5.78 Å². The number of nitrogens with zero attached hydrogens (tertiary/aromatic N) is 1. The van der Waals surface area contributed by atoms with Crippen molar-refractivity contribution in [1.29, 1.82) is 0 Å². The minimum Gasteiger partial charge on any atom is -0.485 e. The molecule has 2 aliphatic heterocycles. The predicted octanol–water partition coefficient (Wildman–Crippen LogP) is 2.75. The highest BCUT2D eigenvalue weighted by molar-refractivity contribution is 6.04. The number of amides is 2. The van der Waals surface area contributed by atoms with Gasteiger partial charge in [-0.1, -0.05) is 23.8 Å². The van der Waals surface area contributed by atoms with Crippen molar-refractivity contribution in [2.75, 3.05) is 0 Å². The van der Waals surface area contributed by atoms with Crippen LogP contribution in [0.5, 0.6) is 5.75 Å². The first-order valence-electron chi connectivity index (χ1n) is 10.9. The van der Waals surface area contributed by atoms with Crippen LogP contribution >= 0.6 is 0 Å². The Hall–Kier alpha value is -4.53. The lowest BCUT2D eigenvalue weighted by Crippen LogP contribution is -2.32. The van der Waals surface area contributed by atoms with Gasteiger partial charge in [0, 0.05) is 36.0 Å². The monoisotopic (exact) mass is 473 g/mol. The highest BCUT2D eigenvalue weighted by Crippen LogP contribution is 2.46. The molecule has 2 aliphatic carbocycles. The summed E-state index contributed by atoms with van der Waals surface area (Å²) in [6.45, 7) is 2.17. The number of ketones is 1. The van der Waals surface area contributed by atoms with Crippen LogP contribution in [0, 0.1) is 5.92 Å². The van der Waals surface area contributed by atoms with E-state index in [0.717, 1.165) is 11.1 Å². The second kappa shape index (κ2) is 8.68. The fourth-order valence-electron chi connectivity index (χ4n) is 4.44. The van der Waals surface area contributed by atoms with E-state index in [1.807, 2.05) is 25.2 Å². The van der Waals surface area contributed by atoms with Gasteiger partial charge < -0.3 is 14.3 Å². The van der Waals surface area contributed by atoms with Gasteiger partial charge in [-0.2, -0.15) is 0 Å². The van der Waals surface area contributed by atoms with Crippen molar-refractivity contribution < 1.29 is 38.3 Å². The van der Waals surface area contributed by atoms with E-state index in [-0.39, 0.29) is 48.4 Å². The van der Waals surface area contributed by atoms with Crippen molar-refractivity contribution in [3.63, 3.8) is 0 Å². The summed E-state index contributed by atoms with van der Waals surface area (Å²) in [7, 11) is 0. The summed E-state index contributed by atoms with van der Waals surface area (Å²) < 4.78 is 11.3. The largest absolute Gasteiger partial charge is 0.485 e. The number of fused-ring (bicyclic) bond motifs is 2. The molecular formula is C26H19NO8. The molecular weight excluding hydrogens is 454 g/mol. The lowest BCUT2D eigenvalue weighted by atomic mass is 9.78. The minimum atomic E-state index is -0.946. The summed E-state index contributed by atoms with van der Waals surface area (Å²) in [5, 5.41) is 0.451. The number of ether oxygens (including phenoxy) is 2. The highest BCUT2D eigenvalue weighted by Gasteiger charge is 2.37. The Bertz CT molecular complexity index is 1330. The predicted molar refractivity (Wildman–Crippen MR) is 120 cm³/mol. The third-order valence-corrected chi connectivity index (χ3v) is 6.05. The molecule has 2 amide bonds. The summed E-state index contributed by atoms with van der Waals surface area (Å²) in [4.78, 5) is 64.5. The summed E-state index contributed by atoms with van der Waals surface area (Å²) in [5.74, 6) is -2.14. The zero-order valence-corrected chi connectivity index (χ0v) is 18.6. The van der Waals surface area contributed by atoms with Crippen LogP contribution in [-0.4, -0.2) is 41.2 Å². The van der Waals surface area contributed by atoms with Crippen molar-refractivity contribution >= 4 is 35.6 Å². The maximum absolute atomic E-state index is 12.6. The van der Waals surface area contributed by atoms with E-state index in [9.17, 15) is 24.0 Å². The molecule has 2 heterocycles. The Balaban J connectivity index is 1.57. The standard InChI is InChI=1S/C26H19NO8/c1-14-2-5-18-21(10-14)34-22-12-16(29)4-7-19(22)25(18)17-6-3-15(11-20(17)33-13-28)26(32)35-27-23(30)8-9-24(27)31/h2-7,10-13,18,21H,8-9H2,1H3. The molecule has 1 aromatic carbocycles. The lowest BCUT2D eigenvalue weighted by Gasteiger charge is -2.37. The molecule has 2 unspecified atom stereocenters. The number of hydrogen-bond donors (Lipinski definition) is 0. The van der Waals surface area contributed by atoms with E-state index in [4.69, 9.17) is 14.3 Å². The average molecular weight is 473 g/mol. The smallest absolute Gasteiger partial charge is 0.364 e. The van der Waals surface area contributed by atoms with Crippen LogP contribution in [-0.2, 0) is 28.8 Å². The second-order valence-corrected chi connectivity index (χ2v) is 8.34. The molecule has 0 radical (unpaired) electrons. The number of allylic oxidation sites excluding steroid dienone is 5. The van der Waals surface area contributed by atoms with Crippen LogP contribution in [0.4, 0.5) is 0 Å². The summed E-state index contributed by atoms with van der Waals surface area (Å²) in [6.07, 6.45) is 9.91. The van der Waals surface area contributed by atoms with E-state index in [1.165, 1.54) is 24.3 Å². The van der Waals surface area contributed by atoms with Crippen molar-refractivity contribution in [1.82, 2.24) is 5.06 Å². The molecule has 1 aromatic rings. The Kier molecular flexibility index (Phi) is 5.52. The zero-order chi connectivity index (χ0) is 24.7. The van der Waals surface area contributed by atoms with E-state index in [2.05, 4.69) is 0 Å². The quantitative estimate of drug-likeness (QED) is 0.474. The van der Waals surface area contributed by atoms with Crippen LogP contribution in [0.2, 0.25) is 0 Å². The Labute approximate surface area is 199 Å². The van der Waals surface area contributed by atoms with E-state index in [1.54, 1.807) is 12.1 Å². The molecule has 0 bridgehead atoms. The third kappa shape index (κ3) is 4.01. The van der Waals surface area contributed by atoms with E-state index >= 15 is 0 Å². The Morgan fingerprint density at radius 3 is 2.63 bits per heavy atom. The molecule has 0 spiro atoms. The van der Waals surface area contributed by atoms with Crippen LogP contribution in [0.15, 0.2) is 71.6 Å². The number of rotatable bonds is 5. The average Bonchev–Trinajstić information content (AvgIpc) is 3.14. The van der Waals surface area contributed by atoms with Crippen molar-refractivity contribution in [2.24, 2.45) is 5.92 Å².